The standard InChI is InChI=1S/C15H28N2O2/c1-4-15(5-2,6-3)11-16-14(19)17-13-8-7-12(9-13)10-18/h7-8,12-13,18H,4-6,9-11H2,1-3H3,(H2,16,17,19)/t12-,13+/m0/s1. The lowest BCUT2D eigenvalue weighted by Gasteiger charge is -2.30. The van der Waals surface area contributed by atoms with Gasteiger partial charge in [-0.1, -0.05) is 32.9 Å². The highest BCUT2D eigenvalue weighted by molar-refractivity contribution is 5.74. The van der Waals surface area contributed by atoms with E-state index in [0.29, 0.717) is 0 Å². The molecular formula is C15H28N2O2. The topological polar surface area (TPSA) is 61.4 Å². The highest BCUT2D eigenvalue weighted by Crippen LogP contribution is 2.29. The summed E-state index contributed by atoms with van der Waals surface area (Å²) in [5.74, 6) is 0.186. The van der Waals surface area contributed by atoms with Crippen LogP contribution in [0.25, 0.3) is 0 Å². The van der Waals surface area contributed by atoms with Crippen LogP contribution in [-0.2, 0) is 0 Å². The first kappa shape index (κ1) is 16.0. The number of carbonyl (C=O) groups is 1. The second kappa shape index (κ2) is 7.53. The average Bonchev–Trinajstić information content (AvgIpc) is 2.88. The summed E-state index contributed by atoms with van der Waals surface area (Å²) in [4.78, 5) is 11.9. The number of carbonyl (C=O) groups excluding carboxylic acids is 1. The van der Waals surface area contributed by atoms with Crippen molar-refractivity contribution in [2.45, 2.75) is 52.5 Å². The molecule has 4 heteroatoms. The summed E-state index contributed by atoms with van der Waals surface area (Å²) in [7, 11) is 0. The van der Waals surface area contributed by atoms with Crippen LogP contribution in [0.3, 0.4) is 0 Å². The van der Waals surface area contributed by atoms with Crippen molar-refractivity contribution in [1.82, 2.24) is 10.6 Å². The Morgan fingerprint density at radius 2 is 1.89 bits per heavy atom. The molecule has 0 bridgehead atoms. The molecule has 0 fully saturated rings. The zero-order valence-corrected chi connectivity index (χ0v) is 12.4. The first-order valence-electron chi connectivity index (χ1n) is 7.42. The Morgan fingerprint density at radius 3 is 2.37 bits per heavy atom. The lowest BCUT2D eigenvalue weighted by atomic mass is 9.80. The van der Waals surface area contributed by atoms with Crippen LogP contribution in [-0.4, -0.2) is 30.3 Å². The van der Waals surface area contributed by atoms with E-state index in [1.807, 2.05) is 12.2 Å². The lowest BCUT2D eigenvalue weighted by molar-refractivity contribution is 0.211. The van der Waals surface area contributed by atoms with E-state index in [0.717, 1.165) is 32.2 Å². The molecule has 1 aliphatic carbocycles. The molecule has 0 radical (unpaired) electrons. The Balaban J connectivity index is 2.34. The molecule has 4 nitrogen and oxygen atoms in total. The quantitative estimate of drug-likeness (QED) is 0.621. The lowest BCUT2D eigenvalue weighted by Crippen LogP contribution is -2.45. The fourth-order valence-electron chi connectivity index (χ4n) is 2.63. The van der Waals surface area contributed by atoms with E-state index < -0.39 is 0 Å². The summed E-state index contributed by atoms with van der Waals surface area (Å²) < 4.78 is 0. The second-order valence-electron chi connectivity index (χ2n) is 5.56. The zero-order valence-electron chi connectivity index (χ0n) is 12.4. The first-order valence-corrected chi connectivity index (χ1v) is 7.42. The molecule has 1 rings (SSSR count). The molecule has 2 atom stereocenters. The molecule has 1 aliphatic rings. The summed E-state index contributed by atoms with van der Waals surface area (Å²) in [5, 5.41) is 15.0. The number of rotatable bonds is 7. The highest BCUT2D eigenvalue weighted by atomic mass is 16.3. The van der Waals surface area contributed by atoms with E-state index in [9.17, 15) is 4.79 Å². The molecule has 0 saturated carbocycles. The maximum Gasteiger partial charge on any atom is 0.315 e. The molecular weight excluding hydrogens is 240 g/mol. The normalized spacial score (nSPS) is 22.5. The van der Waals surface area contributed by atoms with Gasteiger partial charge in [-0.2, -0.15) is 0 Å². The minimum Gasteiger partial charge on any atom is -0.396 e. The SMILES string of the molecule is CCC(CC)(CC)CNC(=O)N[C@@H]1C=C[C@H](CO)C1. The molecule has 2 amide bonds. The van der Waals surface area contributed by atoms with Crippen LogP contribution in [0.15, 0.2) is 12.2 Å². The minimum absolute atomic E-state index is 0.0522. The van der Waals surface area contributed by atoms with Crippen molar-refractivity contribution in [1.29, 1.82) is 0 Å². The predicted molar refractivity (Wildman–Crippen MR) is 78.0 cm³/mol. The third-order valence-electron chi connectivity index (χ3n) is 4.60. The number of urea groups is 1. The fourth-order valence-corrected chi connectivity index (χ4v) is 2.63. The van der Waals surface area contributed by atoms with E-state index in [1.165, 1.54) is 0 Å². The number of aliphatic hydroxyl groups excluding tert-OH is 1. The van der Waals surface area contributed by atoms with Gasteiger partial charge in [0.1, 0.15) is 0 Å². The van der Waals surface area contributed by atoms with Crippen LogP contribution in [0.2, 0.25) is 0 Å². The Kier molecular flexibility index (Phi) is 6.35. The number of hydrogen-bond donors (Lipinski definition) is 3. The minimum atomic E-state index is -0.104. The Bertz CT molecular complexity index is 303. The summed E-state index contributed by atoms with van der Waals surface area (Å²) in [6.07, 6.45) is 7.97. The van der Waals surface area contributed by atoms with Crippen LogP contribution in [0.4, 0.5) is 4.79 Å². The molecule has 0 aromatic heterocycles. The average molecular weight is 268 g/mol. The molecule has 0 aromatic carbocycles. The van der Waals surface area contributed by atoms with E-state index in [2.05, 4.69) is 31.4 Å². The summed E-state index contributed by atoms with van der Waals surface area (Å²) in [6, 6.07) is -0.0515. The molecule has 110 valence electrons. The Labute approximate surface area is 116 Å². The molecule has 3 N–H and O–H groups in total. The maximum atomic E-state index is 11.9. The second-order valence-corrected chi connectivity index (χ2v) is 5.56. The van der Waals surface area contributed by atoms with Gasteiger partial charge in [-0.25, -0.2) is 4.79 Å². The van der Waals surface area contributed by atoms with Gasteiger partial charge >= 0.3 is 6.03 Å². The summed E-state index contributed by atoms with van der Waals surface area (Å²) in [5.41, 5.74) is 0.219. The molecule has 0 aromatic rings. The van der Waals surface area contributed by atoms with Gasteiger partial charge in [-0.05, 0) is 31.1 Å². The first-order chi connectivity index (χ1) is 9.09. The van der Waals surface area contributed by atoms with Gasteiger partial charge in [-0.15, -0.1) is 0 Å². The van der Waals surface area contributed by atoms with E-state index >= 15 is 0 Å². The number of aliphatic hydroxyl groups is 1. The molecule has 0 unspecified atom stereocenters. The van der Waals surface area contributed by atoms with Crippen LogP contribution in [0, 0.1) is 11.3 Å². The molecule has 0 saturated heterocycles. The van der Waals surface area contributed by atoms with Crippen LogP contribution >= 0.6 is 0 Å². The van der Waals surface area contributed by atoms with Crippen molar-refractivity contribution in [3.63, 3.8) is 0 Å². The number of hydrogen-bond acceptors (Lipinski definition) is 2. The van der Waals surface area contributed by atoms with Crippen LogP contribution in [0.1, 0.15) is 46.5 Å². The van der Waals surface area contributed by atoms with Gasteiger partial charge in [0.25, 0.3) is 0 Å². The van der Waals surface area contributed by atoms with Crippen molar-refractivity contribution in [3.8, 4) is 0 Å². The van der Waals surface area contributed by atoms with Gasteiger partial charge in [0.15, 0.2) is 0 Å². The predicted octanol–water partition coefficient (Wildman–Crippen LogP) is 2.44. The third-order valence-corrected chi connectivity index (χ3v) is 4.60. The van der Waals surface area contributed by atoms with Crippen LogP contribution < -0.4 is 10.6 Å². The largest absolute Gasteiger partial charge is 0.396 e. The Hall–Kier alpha value is -1.03. The highest BCUT2D eigenvalue weighted by Gasteiger charge is 2.25. The van der Waals surface area contributed by atoms with Crippen LogP contribution in [0.5, 0.6) is 0 Å². The zero-order chi connectivity index (χ0) is 14.3. The van der Waals surface area contributed by atoms with E-state index in [4.69, 9.17) is 5.11 Å². The van der Waals surface area contributed by atoms with Gasteiger partial charge in [-0.3, -0.25) is 0 Å². The number of nitrogens with one attached hydrogen (secondary N) is 2. The van der Waals surface area contributed by atoms with Crippen molar-refractivity contribution < 1.29 is 9.90 Å². The fraction of sp³-hybridized carbons (Fsp3) is 0.800. The van der Waals surface area contributed by atoms with Gasteiger partial charge in [0.2, 0.25) is 0 Å². The molecule has 0 heterocycles. The monoisotopic (exact) mass is 268 g/mol. The van der Waals surface area contributed by atoms with Crippen molar-refractivity contribution >= 4 is 6.03 Å². The molecule has 0 spiro atoms. The van der Waals surface area contributed by atoms with E-state index in [1.54, 1.807) is 0 Å². The number of amides is 2. The molecule has 19 heavy (non-hydrogen) atoms. The van der Waals surface area contributed by atoms with E-state index in [-0.39, 0.29) is 30.0 Å². The molecule has 0 aliphatic heterocycles. The summed E-state index contributed by atoms with van der Waals surface area (Å²) >= 11 is 0. The van der Waals surface area contributed by atoms with Gasteiger partial charge in [0.05, 0.1) is 0 Å². The van der Waals surface area contributed by atoms with Gasteiger partial charge < -0.3 is 15.7 Å². The van der Waals surface area contributed by atoms with Crippen molar-refractivity contribution in [2.75, 3.05) is 13.2 Å². The van der Waals surface area contributed by atoms with Gasteiger partial charge in [0, 0.05) is 25.1 Å². The Morgan fingerprint density at radius 1 is 1.26 bits per heavy atom. The maximum absolute atomic E-state index is 11.9. The smallest absolute Gasteiger partial charge is 0.315 e. The van der Waals surface area contributed by atoms with Crippen molar-refractivity contribution in [2.24, 2.45) is 11.3 Å². The summed E-state index contributed by atoms with van der Waals surface area (Å²) in [6.45, 7) is 7.41. The van der Waals surface area contributed by atoms with Crippen molar-refractivity contribution in [3.05, 3.63) is 12.2 Å². The third kappa shape index (κ3) is 4.53.